The molecule has 0 saturated heterocycles. The van der Waals surface area contributed by atoms with Gasteiger partial charge in [0.2, 0.25) is 0 Å². The molecule has 0 N–H and O–H groups in total. The van der Waals surface area contributed by atoms with Crippen molar-refractivity contribution >= 4 is 0 Å². The lowest BCUT2D eigenvalue weighted by atomic mass is 10.4. The highest BCUT2D eigenvalue weighted by Gasteiger charge is 1.96. The van der Waals surface area contributed by atoms with E-state index in [4.69, 9.17) is 4.52 Å². The summed E-state index contributed by atoms with van der Waals surface area (Å²) in [6.45, 7) is 2.52. The van der Waals surface area contributed by atoms with Crippen molar-refractivity contribution in [1.82, 2.24) is 10.5 Å². The zero-order valence-corrected chi connectivity index (χ0v) is 5.59. The van der Waals surface area contributed by atoms with Crippen LogP contribution in [-0.4, -0.2) is 12.2 Å². The van der Waals surface area contributed by atoms with E-state index in [1.165, 1.54) is 0 Å². The summed E-state index contributed by atoms with van der Waals surface area (Å²) >= 11 is 0. The Morgan fingerprint density at radius 3 is 3.00 bits per heavy atom. The van der Waals surface area contributed by atoms with Gasteiger partial charge in [0.25, 0.3) is 0 Å². The molecule has 0 atom stereocenters. The predicted molar refractivity (Wildman–Crippen MR) is 33.0 cm³/mol. The van der Waals surface area contributed by atoms with E-state index in [0.29, 0.717) is 6.54 Å². The van der Waals surface area contributed by atoms with Gasteiger partial charge in [-0.25, -0.2) is 5.32 Å². The van der Waals surface area contributed by atoms with Crippen molar-refractivity contribution in [2.24, 2.45) is 0 Å². The molecule has 1 aromatic heterocycles. The van der Waals surface area contributed by atoms with E-state index >= 15 is 0 Å². The average molecular weight is 125 g/mol. The lowest BCUT2D eigenvalue weighted by Gasteiger charge is -1.84. The van der Waals surface area contributed by atoms with E-state index in [1.807, 2.05) is 13.0 Å². The van der Waals surface area contributed by atoms with Crippen molar-refractivity contribution in [3.8, 4) is 0 Å². The fourth-order valence-electron chi connectivity index (χ4n) is 0.647. The van der Waals surface area contributed by atoms with Crippen LogP contribution in [0.2, 0.25) is 0 Å². The lowest BCUT2D eigenvalue weighted by Crippen LogP contribution is -1.94. The van der Waals surface area contributed by atoms with Crippen LogP contribution >= 0.6 is 0 Å². The molecule has 0 saturated carbocycles. The molecule has 3 nitrogen and oxygen atoms in total. The van der Waals surface area contributed by atoms with Crippen LogP contribution in [0.15, 0.2) is 10.6 Å². The number of rotatable bonds is 2. The van der Waals surface area contributed by atoms with Crippen LogP contribution in [0.4, 0.5) is 0 Å². The Morgan fingerprint density at radius 1 is 1.78 bits per heavy atom. The van der Waals surface area contributed by atoms with Gasteiger partial charge in [-0.1, -0.05) is 5.16 Å². The maximum Gasteiger partial charge on any atom is 0.152 e. The van der Waals surface area contributed by atoms with Crippen molar-refractivity contribution < 1.29 is 4.52 Å². The zero-order valence-electron chi connectivity index (χ0n) is 5.59. The van der Waals surface area contributed by atoms with Crippen molar-refractivity contribution in [3.05, 3.63) is 17.5 Å². The molecule has 0 aliphatic carbocycles. The average Bonchev–Trinajstić information content (AvgIpc) is 2.17. The van der Waals surface area contributed by atoms with Crippen LogP contribution in [0.1, 0.15) is 11.5 Å². The van der Waals surface area contributed by atoms with Gasteiger partial charge in [-0.15, -0.1) is 0 Å². The molecule has 1 radical (unpaired) electrons. The first-order chi connectivity index (χ1) is 4.33. The molecular formula is C6H9N2O. The topological polar surface area (TPSA) is 40.1 Å². The van der Waals surface area contributed by atoms with E-state index < -0.39 is 0 Å². The van der Waals surface area contributed by atoms with Gasteiger partial charge in [-0.2, -0.15) is 0 Å². The molecule has 1 heterocycles. The van der Waals surface area contributed by atoms with Crippen molar-refractivity contribution in [2.75, 3.05) is 7.05 Å². The Kier molecular flexibility index (Phi) is 1.85. The third-order valence-corrected chi connectivity index (χ3v) is 0.991. The molecule has 0 amide bonds. The zero-order chi connectivity index (χ0) is 6.69. The van der Waals surface area contributed by atoms with Gasteiger partial charge >= 0.3 is 0 Å². The highest BCUT2D eigenvalue weighted by molar-refractivity contribution is 5.02. The molecule has 9 heavy (non-hydrogen) atoms. The molecule has 0 aromatic carbocycles. The lowest BCUT2D eigenvalue weighted by molar-refractivity contribution is 0.373. The van der Waals surface area contributed by atoms with Gasteiger partial charge < -0.3 is 4.52 Å². The summed E-state index contributed by atoms with van der Waals surface area (Å²) in [5.74, 6) is 0.829. The fraction of sp³-hybridized carbons (Fsp3) is 0.500. The van der Waals surface area contributed by atoms with Crippen LogP contribution in [0.3, 0.4) is 0 Å². The number of aromatic nitrogens is 1. The second-order valence-corrected chi connectivity index (χ2v) is 1.91. The summed E-state index contributed by atoms with van der Waals surface area (Å²) < 4.78 is 4.86. The van der Waals surface area contributed by atoms with Crippen LogP contribution in [0.5, 0.6) is 0 Å². The van der Waals surface area contributed by atoms with E-state index in [9.17, 15) is 0 Å². The van der Waals surface area contributed by atoms with E-state index in [2.05, 4.69) is 10.5 Å². The molecule has 0 aliphatic heterocycles. The number of aryl methyl sites for hydroxylation is 1. The summed E-state index contributed by atoms with van der Waals surface area (Å²) in [5, 5.41) is 7.59. The van der Waals surface area contributed by atoms with E-state index in [0.717, 1.165) is 11.5 Å². The smallest absolute Gasteiger partial charge is 0.152 e. The molecule has 0 fully saturated rings. The van der Waals surface area contributed by atoms with Crippen LogP contribution in [0, 0.1) is 6.92 Å². The SMILES string of the molecule is C[N]Cc1cc(C)no1. The minimum Gasteiger partial charge on any atom is -0.360 e. The second kappa shape index (κ2) is 2.64. The number of nitrogens with zero attached hydrogens (tertiary/aromatic N) is 2. The fourth-order valence-corrected chi connectivity index (χ4v) is 0.647. The summed E-state index contributed by atoms with van der Waals surface area (Å²) in [5.41, 5.74) is 0.911. The molecule has 1 aromatic rings. The molecule has 0 aliphatic rings. The standard InChI is InChI=1S/C6H9N2O/c1-5-3-6(4-7-2)9-8-5/h3H,4H2,1-2H3. The van der Waals surface area contributed by atoms with Crippen molar-refractivity contribution in [1.29, 1.82) is 0 Å². The quantitative estimate of drug-likeness (QED) is 0.584. The second-order valence-electron chi connectivity index (χ2n) is 1.91. The van der Waals surface area contributed by atoms with Crippen LogP contribution in [0.25, 0.3) is 0 Å². The Bertz CT molecular complexity index is 183. The van der Waals surface area contributed by atoms with E-state index in [1.54, 1.807) is 7.05 Å². The molecular weight excluding hydrogens is 116 g/mol. The Hall–Kier alpha value is -0.830. The number of hydrogen-bond acceptors (Lipinski definition) is 2. The maximum atomic E-state index is 4.86. The van der Waals surface area contributed by atoms with Gasteiger partial charge in [-0.3, -0.25) is 0 Å². The first-order valence-electron chi connectivity index (χ1n) is 2.80. The minimum atomic E-state index is 0.626. The highest BCUT2D eigenvalue weighted by Crippen LogP contribution is 2.00. The van der Waals surface area contributed by atoms with Gasteiger partial charge in [0, 0.05) is 13.1 Å². The first-order valence-corrected chi connectivity index (χ1v) is 2.80. The van der Waals surface area contributed by atoms with Crippen molar-refractivity contribution in [2.45, 2.75) is 13.5 Å². The molecule has 3 heteroatoms. The van der Waals surface area contributed by atoms with Gasteiger partial charge in [0.1, 0.15) is 0 Å². The molecule has 0 spiro atoms. The van der Waals surface area contributed by atoms with Gasteiger partial charge in [0.05, 0.1) is 12.2 Å². The largest absolute Gasteiger partial charge is 0.360 e. The van der Waals surface area contributed by atoms with Crippen LogP contribution in [-0.2, 0) is 6.54 Å². The first kappa shape index (κ1) is 6.29. The summed E-state index contributed by atoms with van der Waals surface area (Å²) in [6.07, 6.45) is 0. The van der Waals surface area contributed by atoms with E-state index in [-0.39, 0.29) is 0 Å². The monoisotopic (exact) mass is 125 g/mol. The third-order valence-electron chi connectivity index (χ3n) is 0.991. The molecule has 49 valence electrons. The van der Waals surface area contributed by atoms with Gasteiger partial charge in [0.15, 0.2) is 5.76 Å². The summed E-state index contributed by atoms with van der Waals surface area (Å²) in [6, 6.07) is 1.88. The highest BCUT2D eigenvalue weighted by atomic mass is 16.5. The Morgan fingerprint density at radius 2 is 2.56 bits per heavy atom. The van der Waals surface area contributed by atoms with Crippen molar-refractivity contribution in [3.63, 3.8) is 0 Å². The summed E-state index contributed by atoms with van der Waals surface area (Å²) in [4.78, 5) is 0. The Balaban J connectivity index is 2.61. The summed E-state index contributed by atoms with van der Waals surface area (Å²) in [7, 11) is 1.75. The number of hydrogen-bond donors (Lipinski definition) is 0. The van der Waals surface area contributed by atoms with Crippen LogP contribution < -0.4 is 5.32 Å². The molecule has 0 bridgehead atoms. The normalized spacial score (nSPS) is 10.0. The maximum absolute atomic E-state index is 4.86. The van der Waals surface area contributed by atoms with Gasteiger partial charge in [-0.05, 0) is 6.92 Å². The third kappa shape index (κ3) is 1.54. The minimum absolute atomic E-state index is 0.626. The molecule has 0 unspecified atom stereocenters. The molecule has 1 rings (SSSR count). The predicted octanol–water partition coefficient (Wildman–Crippen LogP) is 0.717. The Labute approximate surface area is 54.0 Å².